The lowest BCUT2D eigenvalue weighted by molar-refractivity contribution is -0.123. The summed E-state index contributed by atoms with van der Waals surface area (Å²) in [6.45, 7) is 8.98. The van der Waals surface area contributed by atoms with E-state index in [4.69, 9.17) is 0 Å². The van der Waals surface area contributed by atoms with Crippen molar-refractivity contribution in [3.63, 3.8) is 0 Å². The van der Waals surface area contributed by atoms with Gasteiger partial charge in [0.25, 0.3) is 5.56 Å². The number of aryl methyl sites for hydroxylation is 1. The summed E-state index contributed by atoms with van der Waals surface area (Å²) >= 11 is 1.55. The minimum atomic E-state index is -0.567. The second-order valence-corrected chi connectivity index (χ2v) is 8.06. The molecule has 0 atom stereocenters. The molecular weight excluding hydrogens is 350 g/mol. The number of anilines is 1. The van der Waals surface area contributed by atoms with Gasteiger partial charge in [-0.3, -0.25) is 14.6 Å². The standard InChI is InChI=1S/C18H21N5O2S/c1-10-11(2)19-17(21-15(10)24)23-14(20-16(25)18(3,4)5)9-12(22-23)13-7-6-8-26-13/h6-9H,1-5H3,(H,20,25)(H,19,21,24). The Hall–Kier alpha value is -2.74. The maximum atomic E-state index is 12.5. The van der Waals surface area contributed by atoms with Crippen molar-refractivity contribution in [1.82, 2.24) is 19.7 Å². The quantitative estimate of drug-likeness (QED) is 0.739. The van der Waals surface area contributed by atoms with E-state index in [1.165, 1.54) is 4.68 Å². The largest absolute Gasteiger partial charge is 0.310 e. The Bertz CT molecular complexity index is 1010. The number of hydrogen-bond acceptors (Lipinski definition) is 5. The molecule has 0 saturated heterocycles. The molecule has 0 saturated carbocycles. The van der Waals surface area contributed by atoms with Crippen LogP contribution in [-0.2, 0) is 4.79 Å². The van der Waals surface area contributed by atoms with Crippen LogP contribution in [0.4, 0.5) is 5.82 Å². The average Bonchev–Trinajstić information content (AvgIpc) is 3.20. The predicted octanol–water partition coefficient (Wildman–Crippen LogP) is 3.29. The fourth-order valence-electron chi connectivity index (χ4n) is 2.21. The van der Waals surface area contributed by atoms with Crippen molar-refractivity contribution in [3.05, 3.63) is 45.2 Å². The first-order chi connectivity index (χ1) is 12.2. The molecule has 1 amide bonds. The van der Waals surface area contributed by atoms with Crippen molar-refractivity contribution in [1.29, 1.82) is 0 Å². The topological polar surface area (TPSA) is 92.7 Å². The van der Waals surface area contributed by atoms with Gasteiger partial charge in [-0.2, -0.15) is 9.78 Å². The van der Waals surface area contributed by atoms with Gasteiger partial charge in [-0.05, 0) is 25.3 Å². The highest BCUT2D eigenvalue weighted by molar-refractivity contribution is 7.13. The summed E-state index contributed by atoms with van der Waals surface area (Å²) in [5, 5.41) is 9.39. The summed E-state index contributed by atoms with van der Waals surface area (Å²) in [4.78, 5) is 32.7. The molecule has 0 aliphatic rings. The van der Waals surface area contributed by atoms with Gasteiger partial charge < -0.3 is 5.32 Å². The zero-order chi connectivity index (χ0) is 19.1. The summed E-state index contributed by atoms with van der Waals surface area (Å²) in [6, 6.07) is 5.66. The molecule has 8 heteroatoms. The highest BCUT2D eigenvalue weighted by Crippen LogP contribution is 2.28. The summed E-state index contributed by atoms with van der Waals surface area (Å²) in [7, 11) is 0. The number of H-pyrrole nitrogens is 1. The highest BCUT2D eigenvalue weighted by Gasteiger charge is 2.24. The van der Waals surface area contributed by atoms with Gasteiger partial charge in [0.05, 0.1) is 4.88 Å². The monoisotopic (exact) mass is 371 g/mol. The molecule has 0 fully saturated rings. The fourth-order valence-corrected chi connectivity index (χ4v) is 2.89. The number of carbonyl (C=O) groups excluding carboxylic acids is 1. The van der Waals surface area contributed by atoms with Gasteiger partial charge in [-0.15, -0.1) is 11.3 Å². The van der Waals surface area contributed by atoms with Crippen LogP contribution in [0.1, 0.15) is 32.0 Å². The Labute approximate surface area is 155 Å². The van der Waals surface area contributed by atoms with E-state index >= 15 is 0 Å². The van der Waals surface area contributed by atoms with Crippen LogP contribution < -0.4 is 10.9 Å². The van der Waals surface area contributed by atoms with Crippen molar-refractivity contribution in [2.45, 2.75) is 34.6 Å². The maximum absolute atomic E-state index is 12.5. The molecule has 7 nitrogen and oxygen atoms in total. The zero-order valence-corrected chi connectivity index (χ0v) is 16.2. The number of rotatable bonds is 3. The lowest BCUT2D eigenvalue weighted by atomic mass is 9.96. The number of thiophene rings is 1. The van der Waals surface area contributed by atoms with E-state index < -0.39 is 5.41 Å². The Morgan fingerprint density at radius 2 is 2.04 bits per heavy atom. The highest BCUT2D eigenvalue weighted by atomic mass is 32.1. The van der Waals surface area contributed by atoms with E-state index in [0.717, 1.165) is 4.88 Å². The van der Waals surface area contributed by atoms with Crippen LogP contribution in [0.25, 0.3) is 16.5 Å². The van der Waals surface area contributed by atoms with Gasteiger partial charge in [0.15, 0.2) is 0 Å². The van der Waals surface area contributed by atoms with E-state index in [0.29, 0.717) is 22.8 Å². The van der Waals surface area contributed by atoms with Gasteiger partial charge in [-0.25, -0.2) is 4.98 Å². The number of aromatic nitrogens is 4. The van der Waals surface area contributed by atoms with Gasteiger partial charge in [0, 0.05) is 22.7 Å². The van der Waals surface area contributed by atoms with Gasteiger partial charge >= 0.3 is 0 Å². The van der Waals surface area contributed by atoms with E-state index in [9.17, 15) is 9.59 Å². The molecule has 0 spiro atoms. The molecule has 0 aliphatic heterocycles. The smallest absolute Gasteiger partial charge is 0.255 e. The van der Waals surface area contributed by atoms with Gasteiger partial charge in [-0.1, -0.05) is 26.8 Å². The first kappa shape index (κ1) is 18.1. The van der Waals surface area contributed by atoms with Crippen molar-refractivity contribution < 1.29 is 4.79 Å². The fraction of sp³-hybridized carbons (Fsp3) is 0.333. The van der Waals surface area contributed by atoms with Crippen LogP contribution in [0.2, 0.25) is 0 Å². The van der Waals surface area contributed by atoms with E-state index in [2.05, 4.69) is 20.4 Å². The molecule has 3 aromatic heterocycles. The van der Waals surface area contributed by atoms with Crippen molar-refractivity contribution in [3.8, 4) is 16.5 Å². The third-order valence-electron chi connectivity index (χ3n) is 3.99. The lowest BCUT2D eigenvalue weighted by Crippen LogP contribution is -2.29. The van der Waals surface area contributed by atoms with Crippen LogP contribution in [0, 0.1) is 19.3 Å². The van der Waals surface area contributed by atoms with Gasteiger partial charge in [0.1, 0.15) is 11.5 Å². The zero-order valence-electron chi connectivity index (χ0n) is 15.4. The van der Waals surface area contributed by atoms with Crippen LogP contribution in [0.15, 0.2) is 28.4 Å². The third-order valence-corrected chi connectivity index (χ3v) is 4.88. The van der Waals surface area contributed by atoms with Crippen molar-refractivity contribution in [2.24, 2.45) is 5.41 Å². The molecule has 0 radical (unpaired) electrons. The summed E-state index contributed by atoms with van der Waals surface area (Å²) in [5.41, 5.74) is 1.07. The Balaban J connectivity index is 2.13. The molecule has 0 aliphatic carbocycles. The Morgan fingerprint density at radius 1 is 1.31 bits per heavy atom. The molecule has 3 rings (SSSR count). The summed E-state index contributed by atoms with van der Waals surface area (Å²) in [5.74, 6) is 0.576. The Morgan fingerprint density at radius 3 is 2.62 bits per heavy atom. The first-order valence-corrected chi connectivity index (χ1v) is 9.08. The number of carbonyl (C=O) groups is 1. The number of aromatic amines is 1. The molecule has 136 valence electrons. The van der Waals surface area contributed by atoms with Crippen LogP contribution >= 0.6 is 11.3 Å². The third kappa shape index (κ3) is 3.45. The van der Waals surface area contributed by atoms with Crippen molar-refractivity contribution in [2.75, 3.05) is 5.32 Å². The number of nitrogens with one attached hydrogen (secondary N) is 2. The SMILES string of the molecule is Cc1nc(-n2nc(-c3cccs3)cc2NC(=O)C(C)(C)C)[nH]c(=O)c1C. The number of hydrogen-bond donors (Lipinski definition) is 2. The van der Waals surface area contributed by atoms with E-state index in [-0.39, 0.29) is 17.4 Å². The second-order valence-electron chi connectivity index (χ2n) is 7.11. The van der Waals surface area contributed by atoms with E-state index in [1.807, 2.05) is 38.3 Å². The van der Waals surface area contributed by atoms with Gasteiger partial charge in [0.2, 0.25) is 11.9 Å². The van der Waals surface area contributed by atoms with Crippen LogP contribution in [0.5, 0.6) is 0 Å². The molecule has 3 heterocycles. The maximum Gasteiger partial charge on any atom is 0.255 e. The predicted molar refractivity (Wildman–Crippen MR) is 103 cm³/mol. The Kier molecular flexibility index (Phi) is 4.53. The summed E-state index contributed by atoms with van der Waals surface area (Å²) < 4.78 is 1.46. The van der Waals surface area contributed by atoms with E-state index in [1.54, 1.807) is 31.3 Å². The minimum Gasteiger partial charge on any atom is -0.310 e. The number of amides is 1. The second kappa shape index (κ2) is 6.53. The average molecular weight is 371 g/mol. The first-order valence-electron chi connectivity index (χ1n) is 8.20. The molecule has 3 aromatic rings. The lowest BCUT2D eigenvalue weighted by Gasteiger charge is -2.18. The molecule has 0 aromatic carbocycles. The number of nitrogens with zero attached hydrogens (tertiary/aromatic N) is 3. The minimum absolute atomic E-state index is 0.150. The van der Waals surface area contributed by atoms with Crippen LogP contribution in [0.3, 0.4) is 0 Å². The molecule has 0 unspecified atom stereocenters. The molecule has 26 heavy (non-hydrogen) atoms. The molecular formula is C18H21N5O2S. The molecule has 2 N–H and O–H groups in total. The van der Waals surface area contributed by atoms with Crippen molar-refractivity contribution >= 4 is 23.1 Å². The molecule has 0 bridgehead atoms. The van der Waals surface area contributed by atoms with Crippen LogP contribution in [-0.4, -0.2) is 25.7 Å². The normalized spacial score (nSPS) is 11.6. The summed E-state index contributed by atoms with van der Waals surface area (Å²) in [6.07, 6.45) is 0.